The number of aryl methyl sites for hydroxylation is 1. The van der Waals surface area contributed by atoms with Crippen molar-refractivity contribution in [2.45, 2.75) is 46.2 Å². The van der Waals surface area contributed by atoms with Crippen LogP contribution in [0.5, 0.6) is 0 Å². The zero-order valence-corrected chi connectivity index (χ0v) is 20.4. The zero-order valence-electron chi connectivity index (χ0n) is 19.5. The normalized spacial score (nSPS) is 12.2. The molecule has 33 heavy (non-hydrogen) atoms. The Morgan fingerprint density at radius 2 is 1.64 bits per heavy atom. The van der Waals surface area contributed by atoms with Crippen molar-refractivity contribution in [3.63, 3.8) is 0 Å². The smallest absolute Gasteiger partial charge is 0.244 e. The highest BCUT2D eigenvalue weighted by Crippen LogP contribution is 2.24. The van der Waals surface area contributed by atoms with Crippen LogP contribution in [-0.4, -0.2) is 50.5 Å². The van der Waals surface area contributed by atoms with E-state index in [0.717, 1.165) is 22.5 Å². The summed E-state index contributed by atoms with van der Waals surface area (Å²) in [4.78, 5) is 27.3. The number of nitrogens with zero attached hydrogens (tertiary/aromatic N) is 2. The second-order valence-electron chi connectivity index (χ2n) is 7.83. The topological polar surface area (TPSA) is 86.8 Å². The number of para-hydroxylation sites is 1. The molecule has 7 nitrogen and oxygen atoms in total. The number of anilines is 1. The average Bonchev–Trinajstić information content (AvgIpc) is 2.79. The number of benzene rings is 2. The van der Waals surface area contributed by atoms with Crippen molar-refractivity contribution in [1.82, 2.24) is 10.2 Å². The number of nitrogens with one attached hydrogen (secondary N) is 1. The highest BCUT2D eigenvalue weighted by Gasteiger charge is 2.31. The van der Waals surface area contributed by atoms with E-state index in [1.807, 2.05) is 13.8 Å². The first kappa shape index (κ1) is 26.3. The minimum atomic E-state index is -3.81. The van der Waals surface area contributed by atoms with Crippen molar-refractivity contribution in [3.05, 3.63) is 65.5 Å². The first-order valence-corrected chi connectivity index (χ1v) is 12.8. The Kier molecular flexibility index (Phi) is 9.40. The van der Waals surface area contributed by atoms with Crippen LogP contribution >= 0.6 is 0 Å². The summed E-state index contributed by atoms with van der Waals surface area (Å²) < 4.78 is 40.7. The predicted octanol–water partition coefficient (Wildman–Crippen LogP) is 3.10. The molecular weight excluding hydrogens is 445 g/mol. The van der Waals surface area contributed by atoms with Gasteiger partial charge in [0.1, 0.15) is 18.4 Å². The number of carbonyl (C=O) groups excluding carboxylic acids is 2. The molecule has 0 fully saturated rings. The summed E-state index contributed by atoms with van der Waals surface area (Å²) in [5.74, 6) is -1.50. The standard InChI is InChI=1S/C24H32FN3O4S/c1-5-15-26-24(30)18(3)27(16-20-12-7-9-13-21(20)25)23(29)17-28(33(4,31)32)22-14-10-8-11-19(22)6-2/h7-14,18H,5-6,15-17H2,1-4H3,(H,26,30)/t18-/m1/s1. The predicted molar refractivity (Wildman–Crippen MR) is 128 cm³/mol. The molecule has 0 aliphatic carbocycles. The van der Waals surface area contributed by atoms with E-state index in [1.54, 1.807) is 37.3 Å². The van der Waals surface area contributed by atoms with Gasteiger partial charge in [0.2, 0.25) is 21.8 Å². The van der Waals surface area contributed by atoms with Crippen LogP contribution in [0.15, 0.2) is 48.5 Å². The molecule has 0 aromatic heterocycles. The van der Waals surface area contributed by atoms with Crippen LogP contribution in [0.1, 0.15) is 38.3 Å². The van der Waals surface area contributed by atoms with Crippen LogP contribution in [0.25, 0.3) is 0 Å². The highest BCUT2D eigenvalue weighted by atomic mass is 32.2. The van der Waals surface area contributed by atoms with Gasteiger partial charge in [0.05, 0.1) is 11.9 Å². The van der Waals surface area contributed by atoms with Crippen LogP contribution in [0.3, 0.4) is 0 Å². The van der Waals surface area contributed by atoms with Crippen LogP contribution < -0.4 is 9.62 Å². The largest absolute Gasteiger partial charge is 0.354 e. The Hall–Kier alpha value is -2.94. The van der Waals surface area contributed by atoms with Gasteiger partial charge < -0.3 is 10.2 Å². The van der Waals surface area contributed by atoms with E-state index >= 15 is 0 Å². The molecule has 0 aliphatic heterocycles. The van der Waals surface area contributed by atoms with Gasteiger partial charge in [-0.2, -0.15) is 0 Å². The summed E-state index contributed by atoms with van der Waals surface area (Å²) in [5, 5.41) is 2.74. The molecule has 2 aromatic carbocycles. The second-order valence-corrected chi connectivity index (χ2v) is 9.74. The minimum absolute atomic E-state index is 0.167. The molecule has 1 atom stereocenters. The Bertz CT molecular complexity index is 1070. The number of carbonyl (C=O) groups is 2. The van der Waals surface area contributed by atoms with Crippen LogP contribution in [-0.2, 0) is 32.6 Å². The van der Waals surface area contributed by atoms with Crippen molar-refractivity contribution >= 4 is 27.5 Å². The Morgan fingerprint density at radius 1 is 1.03 bits per heavy atom. The maximum atomic E-state index is 14.4. The lowest BCUT2D eigenvalue weighted by Crippen LogP contribution is -2.51. The number of hydrogen-bond acceptors (Lipinski definition) is 4. The van der Waals surface area contributed by atoms with E-state index in [1.165, 1.54) is 23.1 Å². The molecular formula is C24H32FN3O4S. The number of halogens is 1. The van der Waals surface area contributed by atoms with E-state index < -0.39 is 34.3 Å². The lowest BCUT2D eigenvalue weighted by atomic mass is 10.1. The average molecular weight is 478 g/mol. The summed E-state index contributed by atoms with van der Waals surface area (Å²) in [6, 6.07) is 12.0. The van der Waals surface area contributed by atoms with Gasteiger partial charge in [0.25, 0.3) is 0 Å². The molecule has 2 amide bonds. The van der Waals surface area contributed by atoms with Gasteiger partial charge in [-0.1, -0.05) is 50.2 Å². The molecule has 0 unspecified atom stereocenters. The maximum absolute atomic E-state index is 14.4. The molecule has 0 saturated heterocycles. The molecule has 0 aliphatic rings. The lowest BCUT2D eigenvalue weighted by Gasteiger charge is -2.32. The Balaban J connectivity index is 2.42. The highest BCUT2D eigenvalue weighted by molar-refractivity contribution is 7.92. The van der Waals surface area contributed by atoms with Crippen LogP contribution in [0.2, 0.25) is 0 Å². The maximum Gasteiger partial charge on any atom is 0.244 e. The first-order chi connectivity index (χ1) is 15.6. The molecule has 2 rings (SSSR count). The monoisotopic (exact) mass is 477 g/mol. The van der Waals surface area contributed by atoms with Crippen molar-refractivity contribution in [2.75, 3.05) is 23.7 Å². The van der Waals surface area contributed by atoms with Gasteiger partial charge in [-0.3, -0.25) is 13.9 Å². The van der Waals surface area contributed by atoms with Crippen molar-refractivity contribution in [2.24, 2.45) is 0 Å². The van der Waals surface area contributed by atoms with Gasteiger partial charge in [-0.15, -0.1) is 0 Å². The third kappa shape index (κ3) is 7.02. The summed E-state index contributed by atoms with van der Waals surface area (Å²) in [7, 11) is -3.81. The molecule has 0 saturated carbocycles. The van der Waals surface area contributed by atoms with E-state index in [-0.39, 0.29) is 18.0 Å². The molecule has 0 heterocycles. The van der Waals surface area contributed by atoms with Crippen LogP contribution in [0, 0.1) is 5.82 Å². The zero-order chi connectivity index (χ0) is 24.6. The van der Waals surface area contributed by atoms with Gasteiger partial charge >= 0.3 is 0 Å². The van der Waals surface area contributed by atoms with Crippen molar-refractivity contribution < 1.29 is 22.4 Å². The van der Waals surface area contributed by atoms with Gasteiger partial charge in [-0.05, 0) is 37.5 Å². The molecule has 0 radical (unpaired) electrons. The van der Waals surface area contributed by atoms with Crippen molar-refractivity contribution in [3.8, 4) is 0 Å². The van der Waals surface area contributed by atoms with E-state index in [4.69, 9.17) is 0 Å². The summed E-state index contributed by atoms with van der Waals surface area (Å²) in [6.45, 7) is 5.11. The van der Waals surface area contributed by atoms with Gasteiger partial charge in [0, 0.05) is 18.7 Å². The first-order valence-electron chi connectivity index (χ1n) is 11.0. The number of hydrogen-bond donors (Lipinski definition) is 1. The third-order valence-corrected chi connectivity index (χ3v) is 6.46. The summed E-state index contributed by atoms with van der Waals surface area (Å²) >= 11 is 0. The SMILES string of the molecule is CCCNC(=O)[C@@H](C)N(Cc1ccccc1F)C(=O)CN(c1ccccc1CC)S(C)(=O)=O. The molecule has 2 aromatic rings. The lowest BCUT2D eigenvalue weighted by molar-refractivity contribution is -0.139. The Morgan fingerprint density at radius 3 is 2.21 bits per heavy atom. The number of sulfonamides is 1. The fraction of sp³-hybridized carbons (Fsp3) is 0.417. The molecule has 0 spiro atoms. The number of rotatable bonds is 11. The van der Waals surface area contributed by atoms with Crippen LogP contribution in [0.4, 0.5) is 10.1 Å². The van der Waals surface area contributed by atoms with E-state index in [0.29, 0.717) is 18.7 Å². The quantitative estimate of drug-likeness (QED) is 0.539. The fourth-order valence-electron chi connectivity index (χ4n) is 3.44. The van der Waals surface area contributed by atoms with E-state index in [9.17, 15) is 22.4 Å². The minimum Gasteiger partial charge on any atom is -0.354 e. The Labute approximate surface area is 195 Å². The summed E-state index contributed by atoms with van der Waals surface area (Å²) in [5.41, 5.74) is 1.41. The molecule has 1 N–H and O–H groups in total. The molecule has 0 bridgehead atoms. The molecule has 180 valence electrons. The van der Waals surface area contributed by atoms with Gasteiger partial charge in [0.15, 0.2) is 0 Å². The molecule has 9 heteroatoms. The second kappa shape index (κ2) is 11.8. The number of amides is 2. The van der Waals surface area contributed by atoms with E-state index in [2.05, 4.69) is 5.32 Å². The third-order valence-electron chi connectivity index (χ3n) is 5.34. The summed E-state index contributed by atoms with van der Waals surface area (Å²) in [6.07, 6.45) is 2.33. The van der Waals surface area contributed by atoms with Gasteiger partial charge in [-0.25, -0.2) is 12.8 Å². The van der Waals surface area contributed by atoms with Crippen molar-refractivity contribution in [1.29, 1.82) is 0 Å². The fourth-order valence-corrected chi connectivity index (χ4v) is 4.32.